The Hall–Kier alpha value is -1.77. The lowest BCUT2D eigenvalue weighted by Gasteiger charge is -2.14. The molecule has 3 N–H and O–H groups in total. The van der Waals surface area contributed by atoms with Crippen LogP contribution in [0.5, 0.6) is 0 Å². The summed E-state index contributed by atoms with van der Waals surface area (Å²) >= 11 is 1.54. The second-order valence-corrected chi connectivity index (χ2v) is 5.17. The maximum absolute atomic E-state index is 11.6. The number of carboxylic acid groups (broad SMARTS) is 1. The molecule has 0 radical (unpaired) electrons. The number of nitrogens with one attached hydrogen (secondary N) is 2. The lowest BCUT2D eigenvalue weighted by atomic mass is 10.2. The van der Waals surface area contributed by atoms with Crippen LogP contribution in [0.4, 0.5) is 4.79 Å². The SMILES string of the molecule is CSCC[C@@H](NC(=O)NCCc1nncn1C)C(=O)O. The number of carbonyl (C=O) groups is 2. The van der Waals surface area contributed by atoms with Gasteiger partial charge in [-0.1, -0.05) is 0 Å². The van der Waals surface area contributed by atoms with Gasteiger partial charge in [0, 0.05) is 20.0 Å². The molecule has 1 rings (SSSR count). The van der Waals surface area contributed by atoms with E-state index in [0.717, 1.165) is 5.82 Å². The molecule has 112 valence electrons. The van der Waals surface area contributed by atoms with E-state index in [4.69, 9.17) is 5.11 Å². The predicted molar refractivity (Wildman–Crippen MR) is 75.7 cm³/mol. The van der Waals surface area contributed by atoms with Gasteiger partial charge in [-0.3, -0.25) is 0 Å². The topological polar surface area (TPSA) is 109 Å². The van der Waals surface area contributed by atoms with Gasteiger partial charge in [0.25, 0.3) is 0 Å². The lowest BCUT2D eigenvalue weighted by molar-refractivity contribution is -0.139. The summed E-state index contributed by atoms with van der Waals surface area (Å²) in [5, 5.41) is 21.7. The molecule has 0 unspecified atom stereocenters. The number of urea groups is 1. The highest BCUT2D eigenvalue weighted by Crippen LogP contribution is 2.00. The highest BCUT2D eigenvalue weighted by atomic mass is 32.2. The van der Waals surface area contributed by atoms with Crippen LogP contribution in [-0.4, -0.2) is 56.5 Å². The summed E-state index contributed by atoms with van der Waals surface area (Å²) in [6.45, 7) is 0.368. The second kappa shape index (κ2) is 8.41. The Morgan fingerprint density at radius 2 is 2.30 bits per heavy atom. The standard InChI is InChI=1S/C11H19N5O3S/c1-16-7-13-15-9(16)3-5-12-11(19)14-8(10(17)18)4-6-20-2/h7-8H,3-6H2,1-2H3,(H,17,18)(H2,12,14,19)/t8-/m1/s1. The summed E-state index contributed by atoms with van der Waals surface area (Å²) in [6.07, 6.45) is 4.40. The number of carboxylic acids is 1. The number of carbonyl (C=O) groups excluding carboxylic acids is 1. The number of rotatable bonds is 8. The third-order valence-electron chi connectivity index (χ3n) is 2.65. The van der Waals surface area contributed by atoms with Gasteiger partial charge in [0.2, 0.25) is 0 Å². The Morgan fingerprint density at radius 3 is 2.85 bits per heavy atom. The van der Waals surface area contributed by atoms with Crippen molar-refractivity contribution < 1.29 is 14.7 Å². The Balaban J connectivity index is 2.31. The van der Waals surface area contributed by atoms with Crippen LogP contribution in [0.1, 0.15) is 12.2 Å². The summed E-state index contributed by atoms with van der Waals surface area (Å²) in [5.41, 5.74) is 0. The van der Waals surface area contributed by atoms with Crippen molar-refractivity contribution in [2.24, 2.45) is 7.05 Å². The molecule has 0 bridgehead atoms. The monoisotopic (exact) mass is 301 g/mol. The average Bonchev–Trinajstić information content (AvgIpc) is 2.80. The maximum Gasteiger partial charge on any atom is 0.326 e. The zero-order valence-electron chi connectivity index (χ0n) is 11.5. The average molecular weight is 301 g/mol. The van der Waals surface area contributed by atoms with Crippen LogP contribution in [0.25, 0.3) is 0 Å². The van der Waals surface area contributed by atoms with Gasteiger partial charge in [-0.25, -0.2) is 9.59 Å². The lowest BCUT2D eigenvalue weighted by Crippen LogP contribution is -2.46. The first-order chi connectivity index (χ1) is 9.54. The molecule has 2 amide bonds. The smallest absolute Gasteiger partial charge is 0.326 e. The molecule has 1 aromatic heterocycles. The van der Waals surface area contributed by atoms with E-state index < -0.39 is 18.0 Å². The number of hydrogen-bond donors (Lipinski definition) is 3. The maximum atomic E-state index is 11.6. The van der Waals surface area contributed by atoms with Gasteiger partial charge in [-0.15, -0.1) is 10.2 Å². The van der Waals surface area contributed by atoms with E-state index >= 15 is 0 Å². The first kappa shape index (κ1) is 16.3. The van der Waals surface area contributed by atoms with Crippen LogP contribution in [-0.2, 0) is 18.3 Å². The van der Waals surface area contributed by atoms with Crippen LogP contribution in [0.2, 0.25) is 0 Å². The minimum absolute atomic E-state index is 0.368. The van der Waals surface area contributed by atoms with E-state index in [2.05, 4.69) is 20.8 Å². The molecule has 0 saturated heterocycles. The molecule has 1 aromatic rings. The molecule has 0 saturated carbocycles. The molecular weight excluding hydrogens is 282 g/mol. The van der Waals surface area contributed by atoms with Crippen LogP contribution < -0.4 is 10.6 Å². The van der Waals surface area contributed by atoms with Crippen molar-refractivity contribution in [1.29, 1.82) is 0 Å². The first-order valence-corrected chi connectivity index (χ1v) is 7.53. The minimum atomic E-state index is -1.03. The minimum Gasteiger partial charge on any atom is -0.480 e. The zero-order chi connectivity index (χ0) is 15.0. The number of amides is 2. The van der Waals surface area contributed by atoms with Gasteiger partial charge in [-0.2, -0.15) is 11.8 Å². The summed E-state index contributed by atoms with van der Waals surface area (Å²) in [7, 11) is 1.82. The van der Waals surface area contributed by atoms with Gasteiger partial charge in [0.05, 0.1) is 0 Å². The Labute approximate surface area is 121 Å². The van der Waals surface area contributed by atoms with Crippen molar-refractivity contribution in [2.75, 3.05) is 18.6 Å². The molecule has 0 aliphatic rings. The van der Waals surface area contributed by atoms with Crippen LogP contribution in [0.15, 0.2) is 6.33 Å². The van der Waals surface area contributed by atoms with Crippen LogP contribution >= 0.6 is 11.8 Å². The molecule has 1 heterocycles. The van der Waals surface area contributed by atoms with E-state index in [-0.39, 0.29) is 0 Å². The van der Waals surface area contributed by atoms with E-state index in [1.165, 1.54) is 11.8 Å². The van der Waals surface area contributed by atoms with Crippen molar-refractivity contribution >= 4 is 23.8 Å². The van der Waals surface area contributed by atoms with E-state index in [1.54, 1.807) is 10.9 Å². The fourth-order valence-electron chi connectivity index (χ4n) is 1.52. The number of aromatic nitrogens is 3. The number of aliphatic carboxylic acids is 1. The summed E-state index contributed by atoms with van der Waals surface area (Å²) in [4.78, 5) is 22.6. The highest BCUT2D eigenvalue weighted by molar-refractivity contribution is 7.98. The Kier molecular flexibility index (Phi) is 6.85. The molecule has 8 nitrogen and oxygen atoms in total. The molecule has 0 aromatic carbocycles. The fourth-order valence-corrected chi connectivity index (χ4v) is 2.00. The molecule has 9 heteroatoms. The predicted octanol–water partition coefficient (Wildman–Crippen LogP) is -0.137. The molecule has 0 spiro atoms. The number of thioether (sulfide) groups is 1. The summed E-state index contributed by atoms with van der Waals surface area (Å²) in [5.74, 6) is 0.404. The Bertz CT molecular complexity index is 451. The van der Waals surface area contributed by atoms with Gasteiger partial charge in [0.1, 0.15) is 18.2 Å². The normalized spacial score (nSPS) is 11.9. The Morgan fingerprint density at radius 1 is 1.55 bits per heavy atom. The first-order valence-electron chi connectivity index (χ1n) is 6.13. The zero-order valence-corrected chi connectivity index (χ0v) is 12.3. The third kappa shape index (κ3) is 5.47. The number of aryl methyl sites for hydroxylation is 1. The van der Waals surface area contributed by atoms with Gasteiger partial charge in [0.15, 0.2) is 0 Å². The van der Waals surface area contributed by atoms with Gasteiger partial charge < -0.3 is 20.3 Å². The van der Waals surface area contributed by atoms with Crippen molar-refractivity contribution in [3.8, 4) is 0 Å². The van der Waals surface area contributed by atoms with Crippen molar-refractivity contribution in [1.82, 2.24) is 25.4 Å². The number of hydrogen-bond acceptors (Lipinski definition) is 5. The van der Waals surface area contributed by atoms with E-state index in [0.29, 0.717) is 25.1 Å². The molecule has 0 fully saturated rings. The molecule has 0 aliphatic heterocycles. The van der Waals surface area contributed by atoms with E-state index in [9.17, 15) is 9.59 Å². The largest absolute Gasteiger partial charge is 0.480 e. The van der Waals surface area contributed by atoms with Crippen LogP contribution in [0.3, 0.4) is 0 Å². The second-order valence-electron chi connectivity index (χ2n) is 4.18. The van der Waals surface area contributed by atoms with Gasteiger partial charge in [-0.05, 0) is 18.4 Å². The van der Waals surface area contributed by atoms with E-state index in [1.807, 2.05) is 13.3 Å². The molecule has 0 aliphatic carbocycles. The quantitative estimate of drug-likeness (QED) is 0.617. The van der Waals surface area contributed by atoms with Crippen molar-refractivity contribution in [3.05, 3.63) is 12.2 Å². The third-order valence-corrected chi connectivity index (χ3v) is 3.30. The van der Waals surface area contributed by atoms with Gasteiger partial charge >= 0.3 is 12.0 Å². The molecule has 1 atom stereocenters. The van der Waals surface area contributed by atoms with Crippen molar-refractivity contribution in [2.45, 2.75) is 18.9 Å². The van der Waals surface area contributed by atoms with Crippen LogP contribution in [0, 0.1) is 0 Å². The fraction of sp³-hybridized carbons (Fsp3) is 0.636. The highest BCUT2D eigenvalue weighted by Gasteiger charge is 2.18. The summed E-state index contributed by atoms with van der Waals surface area (Å²) in [6, 6.07) is -1.35. The molecular formula is C11H19N5O3S. The number of nitrogens with zero attached hydrogens (tertiary/aromatic N) is 3. The molecule has 20 heavy (non-hydrogen) atoms. The van der Waals surface area contributed by atoms with Crippen molar-refractivity contribution in [3.63, 3.8) is 0 Å². The summed E-state index contributed by atoms with van der Waals surface area (Å²) < 4.78 is 1.76.